The predicted molar refractivity (Wildman–Crippen MR) is 106 cm³/mol. The zero-order valence-electron chi connectivity index (χ0n) is 16.9. The summed E-state index contributed by atoms with van der Waals surface area (Å²) in [4.78, 5) is 23.1. The minimum Gasteiger partial charge on any atom is -0.368 e. The van der Waals surface area contributed by atoms with Crippen LogP contribution < -0.4 is 10.2 Å². The third kappa shape index (κ3) is 6.55. The second-order valence-corrected chi connectivity index (χ2v) is 7.48. The minimum atomic E-state index is -4.66. The lowest BCUT2D eigenvalue weighted by molar-refractivity contribution is -0.138. The highest BCUT2D eigenvalue weighted by Crippen LogP contribution is 2.34. The lowest BCUT2D eigenvalue weighted by Crippen LogP contribution is -2.49. The Hall–Kier alpha value is -2.90. The summed E-state index contributed by atoms with van der Waals surface area (Å²) in [6, 6.07) is 0.669. The number of anilines is 2. The van der Waals surface area contributed by atoms with Gasteiger partial charge in [-0.05, 0) is 12.5 Å². The first-order valence-electron chi connectivity index (χ1n) is 9.71. The Morgan fingerprint density at radius 2 is 1.64 bits per heavy atom. The smallest absolute Gasteiger partial charge is 0.368 e. The molecule has 1 saturated heterocycles. The number of carbonyl (C=O) groups is 1. The summed E-state index contributed by atoms with van der Waals surface area (Å²) in [6.07, 6.45) is -7.42. The molecule has 1 fully saturated rings. The molecule has 1 aliphatic heterocycles. The van der Waals surface area contributed by atoms with E-state index in [0.29, 0.717) is 44.6 Å². The van der Waals surface area contributed by atoms with Crippen LogP contribution in [0.1, 0.15) is 24.0 Å². The van der Waals surface area contributed by atoms with Crippen LogP contribution in [-0.2, 0) is 17.1 Å². The van der Waals surface area contributed by atoms with Crippen LogP contribution in [0.4, 0.5) is 38.1 Å². The minimum absolute atomic E-state index is 0.0600. The largest absolute Gasteiger partial charge is 0.420 e. The molecule has 0 aromatic carbocycles. The Morgan fingerprint density at radius 3 is 2.21 bits per heavy atom. The molecule has 0 radical (unpaired) electrons. The van der Waals surface area contributed by atoms with Gasteiger partial charge < -0.3 is 15.1 Å². The van der Waals surface area contributed by atoms with Crippen molar-refractivity contribution < 1.29 is 31.1 Å². The molecule has 0 spiro atoms. The number of carbonyl (C=O) groups excluding carboxylic acids is 1. The van der Waals surface area contributed by atoms with Crippen molar-refractivity contribution in [2.24, 2.45) is 0 Å². The van der Waals surface area contributed by atoms with Gasteiger partial charge >= 0.3 is 12.4 Å². The highest BCUT2D eigenvalue weighted by atomic mass is 35.5. The molecule has 33 heavy (non-hydrogen) atoms. The molecule has 0 saturated carbocycles. The van der Waals surface area contributed by atoms with Crippen molar-refractivity contribution >= 4 is 29.3 Å². The van der Waals surface area contributed by atoms with E-state index in [0.717, 1.165) is 0 Å². The molecule has 2 aromatic heterocycles. The molecule has 1 aliphatic rings. The Kier molecular flexibility index (Phi) is 7.44. The molecule has 0 unspecified atom stereocenters. The van der Waals surface area contributed by atoms with Gasteiger partial charge in [0.05, 0.1) is 5.56 Å². The third-order valence-electron chi connectivity index (χ3n) is 4.81. The fourth-order valence-corrected chi connectivity index (χ4v) is 3.25. The zero-order chi connectivity index (χ0) is 24.2. The molecule has 2 aromatic rings. The van der Waals surface area contributed by atoms with Gasteiger partial charge in [0.2, 0.25) is 11.9 Å². The maximum absolute atomic E-state index is 13.0. The summed E-state index contributed by atoms with van der Waals surface area (Å²) < 4.78 is 77.0. The number of amides is 1. The van der Waals surface area contributed by atoms with Crippen LogP contribution in [0, 0.1) is 0 Å². The summed E-state index contributed by atoms with van der Waals surface area (Å²) in [5.41, 5.74) is -1.99. The van der Waals surface area contributed by atoms with Crippen LogP contribution in [0.3, 0.4) is 0 Å². The summed E-state index contributed by atoms with van der Waals surface area (Å²) in [5, 5.41) is 8.95. The van der Waals surface area contributed by atoms with Crippen molar-refractivity contribution in [3.05, 3.63) is 34.7 Å². The summed E-state index contributed by atoms with van der Waals surface area (Å²) in [5.74, 6) is -0.517. The van der Waals surface area contributed by atoms with Crippen molar-refractivity contribution in [1.82, 2.24) is 25.1 Å². The van der Waals surface area contributed by atoms with Gasteiger partial charge in [0.1, 0.15) is 5.56 Å². The van der Waals surface area contributed by atoms with Crippen LogP contribution in [0.5, 0.6) is 0 Å². The molecule has 180 valence electrons. The Balaban J connectivity index is 1.44. The van der Waals surface area contributed by atoms with E-state index in [2.05, 4.69) is 25.5 Å². The van der Waals surface area contributed by atoms with E-state index in [1.54, 1.807) is 9.80 Å². The molecule has 1 N–H and O–H groups in total. The third-order valence-corrected chi connectivity index (χ3v) is 4.99. The molecule has 3 heterocycles. The van der Waals surface area contributed by atoms with Gasteiger partial charge in [-0.3, -0.25) is 4.79 Å². The Labute approximate surface area is 189 Å². The van der Waals surface area contributed by atoms with E-state index in [4.69, 9.17) is 11.6 Å². The molecule has 0 atom stereocenters. The first kappa shape index (κ1) is 24.7. The number of nitrogens with zero attached hydrogens (tertiary/aromatic N) is 6. The quantitative estimate of drug-likeness (QED) is 0.483. The van der Waals surface area contributed by atoms with E-state index in [-0.39, 0.29) is 36.4 Å². The summed E-state index contributed by atoms with van der Waals surface area (Å²) in [6.45, 7) is 1.37. The van der Waals surface area contributed by atoms with Gasteiger partial charge in [0.25, 0.3) is 0 Å². The molecule has 0 bridgehead atoms. The SMILES string of the molecule is O=C(CCCNc1nnc(Cl)cc1C(F)(F)F)N1CCN(c2ncc(C(F)(F)F)cn2)CC1. The van der Waals surface area contributed by atoms with Gasteiger partial charge in [-0.15, -0.1) is 10.2 Å². The van der Waals surface area contributed by atoms with Crippen LogP contribution in [-0.4, -0.2) is 63.7 Å². The number of halogens is 7. The van der Waals surface area contributed by atoms with E-state index >= 15 is 0 Å². The molecule has 3 rings (SSSR count). The maximum atomic E-state index is 13.0. The predicted octanol–water partition coefficient (Wildman–Crippen LogP) is 3.50. The highest BCUT2D eigenvalue weighted by Gasteiger charge is 2.35. The van der Waals surface area contributed by atoms with Crippen molar-refractivity contribution in [3.8, 4) is 0 Å². The first-order valence-corrected chi connectivity index (χ1v) is 10.1. The summed E-state index contributed by atoms with van der Waals surface area (Å²) >= 11 is 5.48. The number of hydrogen-bond donors (Lipinski definition) is 1. The van der Waals surface area contributed by atoms with E-state index in [1.165, 1.54) is 0 Å². The molecular formula is C18H18ClF6N7O. The van der Waals surface area contributed by atoms with Crippen LogP contribution >= 0.6 is 11.6 Å². The standard InChI is InChI=1S/C18H18ClF6N7O/c19-13-8-12(18(23,24)25)15(30-29-13)26-3-1-2-14(33)31-4-6-32(7-5-31)16-27-9-11(10-28-16)17(20,21)22/h8-10H,1-7H2,(H,26,30). The molecule has 8 nitrogen and oxygen atoms in total. The molecule has 1 amide bonds. The fourth-order valence-electron chi connectivity index (χ4n) is 3.11. The van der Waals surface area contributed by atoms with E-state index < -0.39 is 29.3 Å². The van der Waals surface area contributed by atoms with Gasteiger partial charge in [-0.2, -0.15) is 26.3 Å². The lowest BCUT2D eigenvalue weighted by Gasteiger charge is -2.34. The fraction of sp³-hybridized carbons (Fsp3) is 0.500. The number of alkyl halides is 6. The zero-order valence-corrected chi connectivity index (χ0v) is 17.7. The van der Waals surface area contributed by atoms with Gasteiger partial charge in [0.15, 0.2) is 11.0 Å². The highest BCUT2D eigenvalue weighted by molar-refractivity contribution is 6.29. The van der Waals surface area contributed by atoms with Gasteiger partial charge in [-0.25, -0.2) is 9.97 Å². The number of hydrogen-bond acceptors (Lipinski definition) is 7. The molecule has 15 heteroatoms. The van der Waals surface area contributed by atoms with Crippen molar-refractivity contribution in [2.75, 3.05) is 42.9 Å². The number of piperazine rings is 1. The van der Waals surface area contributed by atoms with Gasteiger partial charge in [0, 0.05) is 51.5 Å². The average Bonchev–Trinajstić information content (AvgIpc) is 2.76. The number of nitrogens with one attached hydrogen (secondary N) is 1. The van der Waals surface area contributed by atoms with Crippen molar-refractivity contribution in [1.29, 1.82) is 0 Å². The maximum Gasteiger partial charge on any atom is 0.420 e. The molecule has 0 aliphatic carbocycles. The Morgan fingerprint density at radius 1 is 1.00 bits per heavy atom. The van der Waals surface area contributed by atoms with E-state index in [1.807, 2.05) is 0 Å². The van der Waals surface area contributed by atoms with Crippen LogP contribution in [0.2, 0.25) is 5.15 Å². The van der Waals surface area contributed by atoms with Gasteiger partial charge in [-0.1, -0.05) is 11.6 Å². The first-order chi connectivity index (χ1) is 15.4. The Bertz CT molecular complexity index is 962. The monoisotopic (exact) mass is 497 g/mol. The van der Waals surface area contributed by atoms with Crippen LogP contribution in [0.25, 0.3) is 0 Å². The topological polar surface area (TPSA) is 87.1 Å². The van der Waals surface area contributed by atoms with Crippen molar-refractivity contribution in [2.45, 2.75) is 25.2 Å². The number of aromatic nitrogens is 4. The second-order valence-electron chi connectivity index (χ2n) is 7.09. The average molecular weight is 498 g/mol. The normalized spacial score (nSPS) is 15.0. The molecular weight excluding hydrogens is 480 g/mol. The van der Waals surface area contributed by atoms with E-state index in [9.17, 15) is 31.1 Å². The summed E-state index contributed by atoms with van der Waals surface area (Å²) in [7, 11) is 0. The number of rotatable bonds is 6. The van der Waals surface area contributed by atoms with Crippen molar-refractivity contribution in [3.63, 3.8) is 0 Å². The van der Waals surface area contributed by atoms with Crippen LogP contribution in [0.15, 0.2) is 18.5 Å². The second kappa shape index (κ2) is 9.93. The lowest BCUT2D eigenvalue weighted by atomic mass is 10.2.